The molecule has 0 bridgehead atoms. The molecule has 0 aliphatic carbocycles. The van der Waals surface area contributed by atoms with E-state index in [4.69, 9.17) is 21.1 Å². The van der Waals surface area contributed by atoms with Gasteiger partial charge >= 0.3 is 0 Å². The van der Waals surface area contributed by atoms with Gasteiger partial charge in [-0.2, -0.15) is 0 Å². The number of benzene rings is 3. The molecule has 0 unspecified atom stereocenters. The lowest BCUT2D eigenvalue weighted by Crippen LogP contribution is -2.19. The number of aliphatic imine (C=N–C) groups is 1. The van der Waals surface area contributed by atoms with Crippen molar-refractivity contribution in [2.45, 2.75) is 13.5 Å². The number of amides is 1. The molecular formula is C25H19ClIN3O5S. The summed E-state index contributed by atoms with van der Waals surface area (Å²) in [6.45, 7) is 2.09. The summed E-state index contributed by atoms with van der Waals surface area (Å²) in [5.41, 5.74) is 3.09. The van der Waals surface area contributed by atoms with Gasteiger partial charge in [0.05, 0.1) is 26.2 Å². The lowest BCUT2D eigenvalue weighted by Gasteiger charge is -2.14. The van der Waals surface area contributed by atoms with E-state index in [9.17, 15) is 14.9 Å². The Kier molecular flexibility index (Phi) is 8.17. The normalized spacial score (nSPS) is 15.3. The second-order valence-electron chi connectivity index (χ2n) is 7.61. The summed E-state index contributed by atoms with van der Waals surface area (Å²) in [5.74, 6) is 0.800. The molecule has 1 N–H and O–H groups in total. The standard InChI is InChI=1S/C25H19ClIN3O5S/c1-14-18(26)4-3-5-20(14)28-25-29-24(31)22(36-25)12-16-10-19(27)23(21(11-16)34-2)35-13-15-6-8-17(9-7-15)30(32)33/h3-12H,13H2,1-2H3,(H,28,29,31)/b22-12+. The molecule has 1 amide bonds. The number of halogens is 2. The number of amidine groups is 1. The number of rotatable bonds is 7. The molecule has 0 radical (unpaired) electrons. The first kappa shape index (κ1) is 26.0. The molecule has 0 aromatic heterocycles. The minimum Gasteiger partial charge on any atom is -0.493 e. The second kappa shape index (κ2) is 11.3. The van der Waals surface area contributed by atoms with Crippen LogP contribution in [0.4, 0.5) is 11.4 Å². The highest BCUT2D eigenvalue weighted by Gasteiger charge is 2.24. The average Bonchev–Trinajstić information content (AvgIpc) is 3.19. The third-order valence-electron chi connectivity index (χ3n) is 5.19. The number of nitrogens with zero attached hydrogens (tertiary/aromatic N) is 2. The molecule has 1 aliphatic heterocycles. The first-order valence-corrected chi connectivity index (χ1v) is 12.8. The molecule has 0 saturated carbocycles. The van der Waals surface area contributed by atoms with E-state index in [1.807, 2.05) is 25.1 Å². The molecule has 1 fully saturated rings. The molecule has 3 aromatic carbocycles. The third kappa shape index (κ3) is 6.00. The monoisotopic (exact) mass is 635 g/mol. The number of ether oxygens (including phenoxy) is 2. The van der Waals surface area contributed by atoms with Gasteiger partial charge in [-0.3, -0.25) is 14.9 Å². The minimum atomic E-state index is -0.445. The molecule has 11 heteroatoms. The first-order chi connectivity index (χ1) is 17.2. The van der Waals surface area contributed by atoms with Gasteiger partial charge in [0, 0.05) is 17.2 Å². The van der Waals surface area contributed by atoms with Crippen molar-refractivity contribution in [3.05, 3.63) is 94.9 Å². The zero-order chi connectivity index (χ0) is 25.8. The van der Waals surface area contributed by atoms with Crippen LogP contribution in [0.5, 0.6) is 11.5 Å². The van der Waals surface area contributed by atoms with E-state index in [1.165, 1.54) is 31.0 Å². The van der Waals surface area contributed by atoms with Crippen LogP contribution in [-0.4, -0.2) is 23.1 Å². The summed E-state index contributed by atoms with van der Waals surface area (Å²) in [7, 11) is 1.54. The van der Waals surface area contributed by atoms with Crippen LogP contribution < -0.4 is 14.8 Å². The molecule has 0 spiro atoms. The maximum absolute atomic E-state index is 12.6. The Morgan fingerprint density at radius 1 is 1.22 bits per heavy atom. The summed E-state index contributed by atoms with van der Waals surface area (Å²) >= 11 is 9.56. The van der Waals surface area contributed by atoms with E-state index in [-0.39, 0.29) is 18.2 Å². The van der Waals surface area contributed by atoms with Crippen LogP contribution >= 0.6 is 46.0 Å². The highest BCUT2D eigenvalue weighted by molar-refractivity contribution is 14.1. The van der Waals surface area contributed by atoms with Crippen molar-refractivity contribution in [3.63, 3.8) is 0 Å². The maximum Gasteiger partial charge on any atom is 0.269 e. The van der Waals surface area contributed by atoms with Crippen molar-refractivity contribution in [3.8, 4) is 11.5 Å². The number of carbonyl (C=O) groups excluding carboxylic acids is 1. The van der Waals surface area contributed by atoms with Gasteiger partial charge in [-0.15, -0.1) is 0 Å². The molecule has 0 atom stereocenters. The predicted octanol–water partition coefficient (Wildman–Crippen LogP) is 6.64. The fraction of sp³-hybridized carbons (Fsp3) is 0.120. The zero-order valence-electron chi connectivity index (χ0n) is 19.1. The molecule has 4 rings (SSSR count). The van der Waals surface area contributed by atoms with E-state index in [1.54, 1.807) is 30.3 Å². The van der Waals surface area contributed by atoms with Gasteiger partial charge in [-0.05, 0) is 100 Å². The van der Waals surface area contributed by atoms with Crippen molar-refractivity contribution in [2.75, 3.05) is 7.11 Å². The van der Waals surface area contributed by atoms with Crippen molar-refractivity contribution < 1.29 is 19.2 Å². The van der Waals surface area contributed by atoms with Crippen molar-refractivity contribution >= 4 is 74.5 Å². The molecule has 184 valence electrons. The van der Waals surface area contributed by atoms with Gasteiger partial charge in [0.25, 0.3) is 11.6 Å². The predicted molar refractivity (Wildman–Crippen MR) is 150 cm³/mol. The smallest absolute Gasteiger partial charge is 0.269 e. The summed E-state index contributed by atoms with van der Waals surface area (Å²) < 4.78 is 12.3. The van der Waals surface area contributed by atoms with Crippen LogP contribution in [0.1, 0.15) is 16.7 Å². The number of nitro groups is 1. The van der Waals surface area contributed by atoms with E-state index in [2.05, 4.69) is 32.9 Å². The van der Waals surface area contributed by atoms with Crippen molar-refractivity contribution in [1.82, 2.24) is 5.32 Å². The number of thioether (sulfide) groups is 1. The summed E-state index contributed by atoms with van der Waals surface area (Å²) in [6, 6.07) is 15.3. The van der Waals surface area contributed by atoms with Crippen LogP contribution in [0.2, 0.25) is 5.02 Å². The quantitative estimate of drug-likeness (QED) is 0.135. The molecule has 36 heavy (non-hydrogen) atoms. The third-order valence-corrected chi connectivity index (χ3v) is 7.31. The molecule has 8 nitrogen and oxygen atoms in total. The average molecular weight is 636 g/mol. The minimum absolute atomic E-state index is 0.0213. The molecule has 1 aliphatic rings. The summed E-state index contributed by atoms with van der Waals surface area (Å²) in [5, 5.41) is 14.7. The Labute approximate surface area is 230 Å². The maximum atomic E-state index is 12.6. The molecule has 1 saturated heterocycles. The van der Waals surface area contributed by atoms with Gasteiger partial charge in [-0.1, -0.05) is 17.7 Å². The Morgan fingerprint density at radius 2 is 1.97 bits per heavy atom. The molecular weight excluding hydrogens is 617 g/mol. The van der Waals surface area contributed by atoms with Crippen LogP contribution in [0, 0.1) is 20.6 Å². The Hall–Kier alpha value is -3.09. The van der Waals surface area contributed by atoms with Gasteiger partial charge in [0.15, 0.2) is 16.7 Å². The Bertz CT molecular complexity index is 1410. The zero-order valence-corrected chi connectivity index (χ0v) is 22.8. The number of nitrogens with one attached hydrogen (secondary N) is 1. The lowest BCUT2D eigenvalue weighted by molar-refractivity contribution is -0.384. The van der Waals surface area contributed by atoms with Crippen LogP contribution in [0.25, 0.3) is 6.08 Å². The van der Waals surface area contributed by atoms with E-state index in [0.717, 1.165) is 20.3 Å². The Morgan fingerprint density at radius 3 is 2.67 bits per heavy atom. The van der Waals surface area contributed by atoms with Gasteiger partial charge in [0.2, 0.25) is 0 Å². The van der Waals surface area contributed by atoms with Crippen LogP contribution in [0.3, 0.4) is 0 Å². The van der Waals surface area contributed by atoms with E-state index in [0.29, 0.717) is 32.3 Å². The van der Waals surface area contributed by atoms with Crippen molar-refractivity contribution in [2.24, 2.45) is 4.99 Å². The highest BCUT2D eigenvalue weighted by atomic mass is 127. The lowest BCUT2D eigenvalue weighted by atomic mass is 10.1. The van der Waals surface area contributed by atoms with Gasteiger partial charge < -0.3 is 14.8 Å². The van der Waals surface area contributed by atoms with E-state index >= 15 is 0 Å². The van der Waals surface area contributed by atoms with Gasteiger partial charge in [0.1, 0.15) is 6.61 Å². The fourth-order valence-electron chi connectivity index (χ4n) is 3.29. The Balaban J connectivity index is 1.52. The first-order valence-electron chi connectivity index (χ1n) is 10.5. The largest absolute Gasteiger partial charge is 0.493 e. The number of nitro benzene ring substituents is 1. The molecule has 1 heterocycles. The topological polar surface area (TPSA) is 103 Å². The highest BCUT2D eigenvalue weighted by Crippen LogP contribution is 2.37. The summed E-state index contributed by atoms with van der Waals surface area (Å²) in [4.78, 5) is 28.0. The van der Waals surface area contributed by atoms with Gasteiger partial charge in [-0.25, -0.2) is 4.99 Å². The summed E-state index contributed by atoms with van der Waals surface area (Å²) in [6.07, 6.45) is 1.76. The number of non-ortho nitro benzene ring substituents is 1. The van der Waals surface area contributed by atoms with E-state index < -0.39 is 4.92 Å². The number of hydrogen-bond donors (Lipinski definition) is 1. The number of methoxy groups -OCH3 is 1. The number of hydrogen-bond acceptors (Lipinski definition) is 7. The van der Waals surface area contributed by atoms with Crippen molar-refractivity contribution in [1.29, 1.82) is 0 Å². The second-order valence-corrected chi connectivity index (χ2v) is 10.2. The SMILES string of the molecule is COc1cc(/C=C2/SC(=Nc3cccc(Cl)c3C)NC2=O)cc(I)c1OCc1ccc([N+](=O)[O-])cc1. The fourth-order valence-corrected chi connectivity index (χ4v) is 5.08. The van der Waals surface area contributed by atoms with Crippen LogP contribution in [0.15, 0.2) is 64.5 Å². The van der Waals surface area contributed by atoms with Crippen LogP contribution in [-0.2, 0) is 11.4 Å². The molecule has 3 aromatic rings. The number of carbonyl (C=O) groups is 1.